The molecule has 2 aromatic carbocycles. The van der Waals surface area contributed by atoms with Gasteiger partial charge in [0.05, 0.1) is 20.4 Å². The SMILES string of the molecule is COc1ccc(CCNC(=O)C(=O)N/N=C/c2ccc(C(C)(C)C)cc2)cc1OC. The van der Waals surface area contributed by atoms with Gasteiger partial charge < -0.3 is 14.8 Å². The van der Waals surface area contributed by atoms with E-state index in [9.17, 15) is 9.59 Å². The summed E-state index contributed by atoms with van der Waals surface area (Å²) in [6.45, 7) is 6.72. The first-order chi connectivity index (χ1) is 14.2. The molecule has 7 heteroatoms. The van der Waals surface area contributed by atoms with Crippen molar-refractivity contribution in [2.75, 3.05) is 20.8 Å². The Hall–Kier alpha value is -3.35. The zero-order valence-corrected chi connectivity index (χ0v) is 18.1. The van der Waals surface area contributed by atoms with Crippen LogP contribution in [0.15, 0.2) is 47.6 Å². The van der Waals surface area contributed by atoms with Gasteiger partial charge in [0.25, 0.3) is 0 Å². The number of nitrogens with zero attached hydrogens (tertiary/aromatic N) is 1. The van der Waals surface area contributed by atoms with Gasteiger partial charge in [-0.3, -0.25) is 9.59 Å². The van der Waals surface area contributed by atoms with Gasteiger partial charge in [-0.2, -0.15) is 5.10 Å². The number of methoxy groups -OCH3 is 2. The number of rotatable bonds is 7. The Morgan fingerprint density at radius 2 is 1.63 bits per heavy atom. The van der Waals surface area contributed by atoms with Crippen molar-refractivity contribution in [2.24, 2.45) is 5.10 Å². The fourth-order valence-corrected chi connectivity index (χ4v) is 2.72. The summed E-state index contributed by atoms with van der Waals surface area (Å²) in [6.07, 6.45) is 2.05. The van der Waals surface area contributed by atoms with Gasteiger partial charge in [-0.15, -0.1) is 0 Å². The van der Waals surface area contributed by atoms with Gasteiger partial charge >= 0.3 is 11.8 Å². The lowest BCUT2D eigenvalue weighted by atomic mass is 9.87. The number of hydrazone groups is 1. The van der Waals surface area contributed by atoms with Crippen LogP contribution in [0, 0.1) is 0 Å². The number of amides is 2. The number of nitrogens with one attached hydrogen (secondary N) is 2. The topological polar surface area (TPSA) is 89.0 Å². The molecular formula is C23H29N3O4. The molecule has 0 aromatic heterocycles. The van der Waals surface area contributed by atoms with Gasteiger partial charge in [0.15, 0.2) is 11.5 Å². The van der Waals surface area contributed by atoms with Crippen LogP contribution in [0.1, 0.15) is 37.5 Å². The van der Waals surface area contributed by atoms with Gasteiger partial charge in [-0.25, -0.2) is 5.43 Å². The van der Waals surface area contributed by atoms with Crippen LogP contribution < -0.4 is 20.2 Å². The molecule has 0 fully saturated rings. The number of benzene rings is 2. The molecule has 0 aliphatic carbocycles. The second kappa shape index (κ2) is 10.4. The van der Waals surface area contributed by atoms with Crippen LogP contribution in [0.5, 0.6) is 11.5 Å². The molecular weight excluding hydrogens is 382 g/mol. The quantitative estimate of drug-likeness (QED) is 0.417. The van der Waals surface area contributed by atoms with E-state index in [2.05, 4.69) is 36.6 Å². The summed E-state index contributed by atoms with van der Waals surface area (Å²) in [5, 5.41) is 6.42. The molecule has 160 valence electrons. The van der Waals surface area contributed by atoms with Crippen LogP contribution in [0.3, 0.4) is 0 Å². The highest BCUT2D eigenvalue weighted by Crippen LogP contribution is 2.27. The van der Waals surface area contributed by atoms with Crippen molar-refractivity contribution in [3.05, 3.63) is 59.2 Å². The van der Waals surface area contributed by atoms with E-state index in [4.69, 9.17) is 9.47 Å². The zero-order valence-electron chi connectivity index (χ0n) is 18.1. The van der Waals surface area contributed by atoms with Crippen LogP contribution in [0.4, 0.5) is 0 Å². The summed E-state index contributed by atoms with van der Waals surface area (Å²) in [5.74, 6) is -0.305. The molecule has 0 bridgehead atoms. The normalized spacial score (nSPS) is 11.2. The maximum atomic E-state index is 11.9. The summed E-state index contributed by atoms with van der Waals surface area (Å²) < 4.78 is 10.4. The maximum absolute atomic E-state index is 11.9. The van der Waals surface area contributed by atoms with E-state index in [1.807, 2.05) is 36.4 Å². The van der Waals surface area contributed by atoms with Crippen molar-refractivity contribution in [3.63, 3.8) is 0 Å². The molecule has 0 atom stereocenters. The van der Waals surface area contributed by atoms with Crippen molar-refractivity contribution in [2.45, 2.75) is 32.6 Å². The summed E-state index contributed by atoms with van der Waals surface area (Å²) in [5.41, 5.74) is 5.29. The van der Waals surface area contributed by atoms with E-state index in [-0.39, 0.29) is 5.41 Å². The van der Waals surface area contributed by atoms with Crippen molar-refractivity contribution in [1.82, 2.24) is 10.7 Å². The number of carbonyl (C=O) groups is 2. The minimum atomic E-state index is -0.815. The van der Waals surface area contributed by atoms with Crippen molar-refractivity contribution < 1.29 is 19.1 Å². The van der Waals surface area contributed by atoms with Crippen LogP contribution in [-0.2, 0) is 21.4 Å². The first-order valence-electron chi connectivity index (χ1n) is 9.67. The average Bonchev–Trinajstić information content (AvgIpc) is 2.73. The molecule has 0 aliphatic heterocycles. The molecule has 0 spiro atoms. The minimum Gasteiger partial charge on any atom is -0.493 e. The first-order valence-corrected chi connectivity index (χ1v) is 9.67. The summed E-state index contributed by atoms with van der Waals surface area (Å²) in [7, 11) is 3.13. The first kappa shape index (κ1) is 22.9. The number of hydrogen-bond acceptors (Lipinski definition) is 5. The van der Waals surface area contributed by atoms with Crippen LogP contribution in [-0.4, -0.2) is 38.8 Å². The average molecular weight is 412 g/mol. The summed E-state index contributed by atoms with van der Waals surface area (Å²) >= 11 is 0. The Labute approximate surface area is 177 Å². The highest BCUT2D eigenvalue weighted by Gasteiger charge is 2.13. The van der Waals surface area contributed by atoms with E-state index >= 15 is 0 Å². The van der Waals surface area contributed by atoms with E-state index in [1.54, 1.807) is 20.3 Å². The molecule has 0 heterocycles. The van der Waals surface area contributed by atoms with Gasteiger partial charge in [0.2, 0.25) is 0 Å². The van der Waals surface area contributed by atoms with Crippen molar-refractivity contribution in [1.29, 1.82) is 0 Å². The van der Waals surface area contributed by atoms with Gasteiger partial charge in [-0.05, 0) is 40.7 Å². The molecule has 0 aliphatic rings. The third kappa shape index (κ3) is 6.62. The van der Waals surface area contributed by atoms with E-state index in [0.717, 1.165) is 11.1 Å². The molecule has 0 saturated carbocycles. The van der Waals surface area contributed by atoms with Gasteiger partial charge in [0.1, 0.15) is 0 Å². The maximum Gasteiger partial charge on any atom is 0.329 e. The molecule has 0 saturated heterocycles. The largest absolute Gasteiger partial charge is 0.493 e. The molecule has 7 nitrogen and oxygen atoms in total. The Bertz CT molecular complexity index is 900. The number of ether oxygens (including phenoxy) is 2. The standard InChI is InChI=1S/C23H29N3O4/c1-23(2,3)18-9-6-17(7-10-18)15-25-26-22(28)21(27)24-13-12-16-8-11-19(29-4)20(14-16)30-5/h6-11,14-15H,12-13H2,1-5H3,(H,24,27)(H,26,28)/b25-15+. The molecule has 30 heavy (non-hydrogen) atoms. The highest BCUT2D eigenvalue weighted by molar-refractivity contribution is 6.35. The molecule has 0 radical (unpaired) electrons. The lowest BCUT2D eigenvalue weighted by Gasteiger charge is -2.18. The second-order valence-electron chi connectivity index (χ2n) is 7.77. The molecule has 2 amide bonds. The van der Waals surface area contributed by atoms with Crippen molar-refractivity contribution in [3.8, 4) is 11.5 Å². The third-order valence-corrected chi connectivity index (χ3v) is 4.51. The molecule has 2 aromatic rings. The number of hydrogen-bond donors (Lipinski definition) is 2. The van der Waals surface area contributed by atoms with Crippen LogP contribution in [0.25, 0.3) is 0 Å². The lowest BCUT2D eigenvalue weighted by molar-refractivity contribution is -0.139. The Balaban J connectivity index is 1.79. The number of carbonyl (C=O) groups excluding carboxylic acids is 2. The van der Waals surface area contributed by atoms with Gasteiger partial charge in [0, 0.05) is 6.54 Å². The van der Waals surface area contributed by atoms with E-state index < -0.39 is 11.8 Å². The second-order valence-corrected chi connectivity index (χ2v) is 7.77. The summed E-state index contributed by atoms with van der Waals surface area (Å²) in [6, 6.07) is 13.4. The minimum absolute atomic E-state index is 0.0684. The Morgan fingerprint density at radius 3 is 2.23 bits per heavy atom. The fraction of sp³-hybridized carbons (Fsp3) is 0.348. The monoisotopic (exact) mass is 411 g/mol. The smallest absolute Gasteiger partial charge is 0.329 e. The Kier molecular flexibility index (Phi) is 7.98. The van der Waals surface area contributed by atoms with E-state index in [1.165, 1.54) is 11.8 Å². The highest BCUT2D eigenvalue weighted by atomic mass is 16.5. The molecule has 0 unspecified atom stereocenters. The van der Waals surface area contributed by atoms with Gasteiger partial charge in [-0.1, -0.05) is 51.1 Å². The fourth-order valence-electron chi connectivity index (χ4n) is 2.72. The zero-order chi connectivity index (χ0) is 22.1. The van der Waals surface area contributed by atoms with Crippen molar-refractivity contribution >= 4 is 18.0 Å². The molecule has 2 N–H and O–H groups in total. The predicted octanol–water partition coefficient (Wildman–Crippen LogP) is 2.81. The molecule has 2 rings (SSSR count). The van der Waals surface area contributed by atoms with Crippen LogP contribution in [0.2, 0.25) is 0 Å². The third-order valence-electron chi connectivity index (χ3n) is 4.51. The Morgan fingerprint density at radius 1 is 0.967 bits per heavy atom. The predicted molar refractivity (Wildman–Crippen MR) is 117 cm³/mol. The van der Waals surface area contributed by atoms with Crippen LogP contribution >= 0.6 is 0 Å². The summed E-state index contributed by atoms with van der Waals surface area (Å²) in [4.78, 5) is 23.8. The van der Waals surface area contributed by atoms with E-state index in [0.29, 0.717) is 24.5 Å². The lowest BCUT2D eigenvalue weighted by Crippen LogP contribution is -2.38.